The standard InChI is InChI=1S/C14H14BrN7/c15-11-8-16-14(17-9-11)21-6-4-20(5-7-21)13-3-1-2-12-19-18-10-22(12)13/h1-3,8-10H,4-7H2. The van der Waals surface area contributed by atoms with Crippen LogP contribution in [0.25, 0.3) is 5.65 Å². The Morgan fingerprint density at radius 1 is 0.955 bits per heavy atom. The smallest absolute Gasteiger partial charge is 0.225 e. The molecule has 0 aliphatic carbocycles. The lowest BCUT2D eigenvalue weighted by Gasteiger charge is -2.36. The van der Waals surface area contributed by atoms with Gasteiger partial charge in [-0.3, -0.25) is 4.40 Å². The normalized spacial score (nSPS) is 15.5. The predicted octanol–water partition coefficient (Wildman–Crippen LogP) is 1.61. The summed E-state index contributed by atoms with van der Waals surface area (Å²) in [6, 6.07) is 6.08. The van der Waals surface area contributed by atoms with Crippen LogP contribution in [0.3, 0.4) is 0 Å². The zero-order valence-electron chi connectivity index (χ0n) is 11.8. The Morgan fingerprint density at radius 2 is 1.68 bits per heavy atom. The molecule has 4 heterocycles. The van der Waals surface area contributed by atoms with Crippen molar-refractivity contribution in [2.75, 3.05) is 36.0 Å². The van der Waals surface area contributed by atoms with Gasteiger partial charge in [-0.05, 0) is 28.1 Å². The molecule has 1 aliphatic rings. The second kappa shape index (κ2) is 5.53. The van der Waals surface area contributed by atoms with Crippen LogP contribution in [-0.2, 0) is 0 Å². The van der Waals surface area contributed by atoms with E-state index in [1.165, 1.54) is 0 Å². The molecule has 0 unspecified atom stereocenters. The van der Waals surface area contributed by atoms with Crippen LogP contribution in [0.2, 0.25) is 0 Å². The molecule has 0 aromatic carbocycles. The number of aromatic nitrogens is 5. The van der Waals surface area contributed by atoms with E-state index in [1.54, 1.807) is 18.7 Å². The lowest BCUT2D eigenvalue weighted by molar-refractivity contribution is 0.632. The van der Waals surface area contributed by atoms with Crippen molar-refractivity contribution in [3.05, 3.63) is 41.4 Å². The summed E-state index contributed by atoms with van der Waals surface area (Å²) < 4.78 is 2.92. The van der Waals surface area contributed by atoms with Gasteiger partial charge in [0.1, 0.15) is 12.1 Å². The molecule has 0 N–H and O–H groups in total. The van der Waals surface area contributed by atoms with E-state index >= 15 is 0 Å². The largest absolute Gasteiger partial charge is 0.354 e. The van der Waals surface area contributed by atoms with E-state index in [-0.39, 0.29) is 0 Å². The summed E-state index contributed by atoms with van der Waals surface area (Å²) in [4.78, 5) is 13.3. The fraction of sp³-hybridized carbons (Fsp3) is 0.286. The highest BCUT2D eigenvalue weighted by Gasteiger charge is 2.20. The van der Waals surface area contributed by atoms with Gasteiger partial charge in [-0.2, -0.15) is 0 Å². The minimum atomic E-state index is 0.783. The van der Waals surface area contributed by atoms with Gasteiger partial charge in [0.15, 0.2) is 5.65 Å². The molecular formula is C14H14BrN7. The van der Waals surface area contributed by atoms with Crippen LogP contribution < -0.4 is 9.80 Å². The highest BCUT2D eigenvalue weighted by atomic mass is 79.9. The maximum atomic E-state index is 4.37. The maximum absolute atomic E-state index is 4.37. The average molecular weight is 360 g/mol. The molecule has 22 heavy (non-hydrogen) atoms. The van der Waals surface area contributed by atoms with Crippen molar-refractivity contribution in [3.8, 4) is 0 Å². The molecule has 0 radical (unpaired) electrons. The monoisotopic (exact) mass is 359 g/mol. The fourth-order valence-electron chi connectivity index (χ4n) is 2.70. The van der Waals surface area contributed by atoms with Crippen molar-refractivity contribution in [2.45, 2.75) is 0 Å². The number of hydrogen-bond acceptors (Lipinski definition) is 6. The van der Waals surface area contributed by atoms with Gasteiger partial charge in [0, 0.05) is 38.6 Å². The highest BCUT2D eigenvalue weighted by molar-refractivity contribution is 9.10. The van der Waals surface area contributed by atoms with Crippen LogP contribution in [0.1, 0.15) is 0 Å². The van der Waals surface area contributed by atoms with Crippen molar-refractivity contribution in [2.24, 2.45) is 0 Å². The number of hydrogen-bond donors (Lipinski definition) is 0. The van der Waals surface area contributed by atoms with E-state index in [4.69, 9.17) is 0 Å². The van der Waals surface area contributed by atoms with Crippen molar-refractivity contribution < 1.29 is 0 Å². The van der Waals surface area contributed by atoms with Crippen LogP contribution in [-0.4, -0.2) is 50.7 Å². The first-order chi connectivity index (χ1) is 10.8. The Kier molecular flexibility index (Phi) is 3.38. The van der Waals surface area contributed by atoms with Crippen molar-refractivity contribution in [1.29, 1.82) is 0 Å². The Balaban J connectivity index is 1.52. The predicted molar refractivity (Wildman–Crippen MR) is 87.1 cm³/mol. The Bertz CT molecular complexity index is 777. The number of anilines is 2. The van der Waals surface area contributed by atoms with Gasteiger partial charge >= 0.3 is 0 Å². The van der Waals surface area contributed by atoms with Gasteiger partial charge in [0.2, 0.25) is 5.95 Å². The molecule has 8 heteroatoms. The molecule has 0 spiro atoms. The minimum Gasteiger partial charge on any atom is -0.354 e. The second-order valence-electron chi connectivity index (χ2n) is 5.12. The van der Waals surface area contributed by atoms with Crippen molar-refractivity contribution >= 4 is 33.3 Å². The molecule has 112 valence electrons. The first-order valence-corrected chi connectivity index (χ1v) is 7.87. The van der Waals surface area contributed by atoms with Gasteiger partial charge < -0.3 is 9.80 Å². The van der Waals surface area contributed by atoms with Crippen LogP contribution in [0.15, 0.2) is 41.4 Å². The fourth-order valence-corrected chi connectivity index (χ4v) is 2.90. The lowest BCUT2D eigenvalue weighted by atomic mass is 10.3. The van der Waals surface area contributed by atoms with Gasteiger partial charge in [0.05, 0.1) is 4.47 Å². The van der Waals surface area contributed by atoms with E-state index in [1.807, 2.05) is 16.5 Å². The zero-order valence-corrected chi connectivity index (χ0v) is 13.4. The number of pyridine rings is 1. The third-order valence-electron chi connectivity index (χ3n) is 3.80. The summed E-state index contributed by atoms with van der Waals surface area (Å²) in [5.74, 6) is 1.91. The van der Waals surface area contributed by atoms with Crippen molar-refractivity contribution in [1.82, 2.24) is 24.6 Å². The van der Waals surface area contributed by atoms with Crippen LogP contribution in [0.5, 0.6) is 0 Å². The van der Waals surface area contributed by atoms with Crippen LogP contribution in [0, 0.1) is 0 Å². The van der Waals surface area contributed by atoms with Gasteiger partial charge in [-0.1, -0.05) is 6.07 Å². The minimum absolute atomic E-state index is 0.783. The third kappa shape index (κ3) is 2.39. The molecule has 3 aromatic rings. The Labute approximate surface area is 135 Å². The Hall–Kier alpha value is -2.22. The van der Waals surface area contributed by atoms with E-state index in [0.717, 1.165) is 48.1 Å². The van der Waals surface area contributed by atoms with Crippen LogP contribution >= 0.6 is 15.9 Å². The number of fused-ring (bicyclic) bond motifs is 1. The molecule has 0 bridgehead atoms. The number of nitrogens with zero attached hydrogens (tertiary/aromatic N) is 7. The maximum Gasteiger partial charge on any atom is 0.225 e. The molecule has 0 amide bonds. The molecule has 1 fully saturated rings. The first kappa shape index (κ1) is 13.4. The SMILES string of the molecule is Brc1cnc(N2CCN(c3cccc4nncn34)CC2)nc1. The number of rotatable bonds is 2. The molecular weight excluding hydrogens is 346 g/mol. The molecule has 0 atom stereocenters. The first-order valence-electron chi connectivity index (χ1n) is 7.07. The highest BCUT2D eigenvalue weighted by Crippen LogP contribution is 2.19. The zero-order chi connectivity index (χ0) is 14.9. The summed E-state index contributed by atoms with van der Waals surface area (Å²) in [6.45, 7) is 3.60. The third-order valence-corrected chi connectivity index (χ3v) is 4.21. The summed E-state index contributed by atoms with van der Waals surface area (Å²) in [6.07, 6.45) is 5.33. The summed E-state index contributed by atoms with van der Waals surface area (Å²) >= 11 is 3.36. The topological polar surface area (TPSA) is 62.5 Å². The summed E-state index contributed by atoms with van der Waals surface area (Å²) in [5.41, 5.74) is 0.871. The summed E-state index contributed by atoms with van der Waals surface area (Å²) in [7, 11) is 0. The number of piperazine rings is 1. The van der Waals surface area contributed by atoms with E-state index in [9.17, 15) is 0 Å². The van der Waals surface area contributed by atoms with Gasteiger partial charge in [-0.15, -0.1) is 10.2 Å². The molecule has 1 aliphatic heterocycles. The van der Waals surface area contributed by atoms with E-state index < -0.39 is 0 Å². The van der Waals surface area contributed by atoms with E-state index in [0.29, 0.717) is 0 Å². The Morgan fingerprint density at radius 3 is 2.45 bits per heavy atom. The number of halogens is 1. The lowest BCUT2D eigenvalue weighted by Crippen LogP contribution is -2.47. The molecule has 7 nitrogen and oxygen atoms in total. The average Bonchev–Trinajstić information content (AvgIpc) is 3.04. The molecule has 0 saturated carbocycles. The second-order valence-corrected chi connectivity index (χ2v) is 6.03. The molecule has 3 aromatic heterocycles. The van der Waals surface area contributed by atoms with E-state index in [2.05, 4.69) is 52.0 Å². The van der Waals surface area contributed by atoms with Crippen molar-refractivity contribution in [3.63, 3.8) is 0 Å². The van der Waals surface area contributed by atoms with Gasteiger partial charge in [0.25, 0.3) is 0 Å². The molecule has 1 saturated heterocycles. The summed E-state index contributed by atoms with van der Waals surface area (Å²) in [5, 5.41) is 8.08. The quantitative estimate of drug-likeness (QED) is 0.692. The van der Waals surface area contributed by atoms with Crippen LogP contribution in [0.4, 0.5) is 11.8 Å². The van der Waals surface area contributed by atoms with Gasteiger partial charge in [-0.25, -0.2) is 9.97 Å². The molecule has 4 rings (SSSR count).